The number of ether oxygens (including phenoxy) is 1. The molecule has 0 aromatic heterocycles. The summed E-state index contributed by atoms with van der Waals surface area (Å²) in [5.41, 5.74) is -0.460. The highest BCUT2D eigenvalue weighted by atomic mass is 16.5. The normalized spacial score (nSPS) is 26.0. The minimum atomic E-state index is -0.460. The first-order chi connectivity index (χ1) is 8.13. The lowest BCUT2D eigenvalue weighted by Crippen LogP contribution is -2.45. The summed E-state index contributed by atoms with van der Waals surface area (Å²) in [6.45, 7) is 2.59. The lowest BCUT2D eigenvalue weighted by atomic mass is 9.94. The zero-order chi connectivity index (χ0) is 12.3. The third kappa shape index (κ3) is 3.19. The standard InChI is InChI=1S/C13H23NO3/c1-17-12(15)11-4-8-14(9-5-11)10-13(16)6-2-3-7-13/h11,16H,2-10H2,1H3. The Kier molecular flexibility index (Phi) is 4.05. The van der Waals surface area contributed by atoms with Gasteiger partial charge < -0.3 is 14.7 Å². The van der Waals surface area contributed by atoms with Gasteiger partial charge in [-0.05, 0) is 38.8 Å². The fraction of sp³-hybridized carbons (Fsp3) is 0.923. The van der Waals surface area contributed by atoms with Gasteiger partial charge in [-0.15, -0.1) is 0 Å². The monoisotopic (exact) mass is 241 g/mol. The van der Waals surface area contributed by atoms with Crippen LogP contribution in [-0.4, -0.2) is 48.3 Å². The predicted molar refractivity (Wildman–Crippen MR) is 64.6 cm³/mol. The molecule has 4 heteroatoms. The Hall–Kier alpha value is -0.610. The van der Waals surface area contributed by atoms with E-state index in [9.17, 15) is 9.90 Å². The second-order valence-corrected chi connectivity index (χ2v) is 5.51. The van der Waals surface area contributed by atoms with Crippen LogP contribution in [0.5, 0.6) is 0 Å². The summed E-state index contributed by atoms with van der Waals surface area (Å²) in [7, 11) is 1.45. The van der Waals surface area contributed by atoms with Crippen LogP contribution in [0.3, 0.4) is 0 Å². The summed E-state index contributed by atoms with van der Waals surface area (Å²) >= 11 is 0. The molecule has 0 radical (unpaired) electrons. The van der Waals surface area contributed by atoms with Gasteiger partial charge in [-0.1, -0.05) is 12.8 Å². The molecule has 98 valence electrons. The van der Waals surface area contributed by atoms with E-state index in [-0.39, 0.29) is 11.9 Å². The maximum absolute atomic E-state index is 11.4. The first-order valence-corrected chi connectivity index (χ1v) is 6.65. The summed E-state index contributed by atoms with van der Waals surface area (Å²) in [6, 6.07) is 0. The largest absolute Gasteiger partial charge is 0.469 e. The molecular weight excluding hydrogens is 218 g/mol. The van der Waals surface area contributed by atoms with E-state index >= 15 is 0 Å². The maximum atomic E-state index is 11.4. The lowest BCUT2D eigenvalue weighted by Gasteiger charge is -2.35. The summed E-state index contributed by atoms with van der Waals surface area (Å²) in [5, 5.41) is 10.3. The molecule has 1 N–H and O–H groups in total. The maximum Gasteiger partial charge on any atom is 0.308 e. The molecule has 1 saturated carbocycles. The molecule has 1 aliphatic heterocycles. The highest BCUT2D eigenvalue weighted by Gasteiger charge is 2.35. The number of hydrogen-bond acceptors (Lipinski definition) is 4. The van der Waals surface area contributed by atoms with Crippen molar-refractivity contribution in [2.45, 2.75) is 44.1 Å². The van der Waals surface area contributed by atoms with Crippen LogP contribution in [0, 0.1) is 5.92 Å². The Morgan fingerprint density at radius 2 is 1.94 bits per heavy atom. The van der Waals surface area contributed by atoms with Crippen LogP contribution < -0.4 is 0 Å². The molecule has 0 aromatic rings. The molecule has 0 aromatic carbocycles. The molecule has 0 bridgehead atoms. The van der Waals surface area contributed by atoms with Gasteiger partial charge in [0.1, 0.15) is 0 Å². The van der Waals surface area contributed by atoms with E-state index in [1.807, 2.05) is 0 Å². The SMILES string of the molecule is COC(=O)C1CCN(CC2(O)CCCC2)CC1. The second-order valence-electron chi connectivity index (χ2n) is 5.51. The number of aliphatic hydroxyl groups is 1. The Bertz CT molecular complexity index is 266. The molecule has 17 heavy (non-hydrogen) atoms. The van der Waals surface area contributed by atoms with E-state index in [0.717, 1.165) is 58.2 Å². The molecule has 2 aliphatic rings. The average Bonchev–Trinajstić information content (AvgIpc) is 2.76. The van der Waals surface area contributed by atoms with Gasteiger partial charge in [-0.2, -0.15) is 0 Å². The van der Waals surface area contributed by atoms with E-state index in [0.29, 0.717) is 0 Å². The van der Waals surface area contributed by atoms with Crippen LogP contribution >= 0.6 is 0 Å². The van der Waals surface area contributed by atoms with Crippen molar-refractivity contribution in [3.05, 3.63) is 0 Å². The molecule has 1 saturated heterocycles. The number of esters is 1. The number of methoxy groups -OCH3 is 1. The molecule has 0 atom stereocenters. The van der Waals surface area contributed by atoms with Crippen LogP contribution in [0.2, 0.25) is 0 Å². The zero-order valence-corrected chi connectivity index (χ0v) is 10.7. The van der Waals surface area contributed by atoms with Crippen molar-refractivity contribution in [2.24, 2.45) is 5.92 Å². The third-order valence-corrected chi connectivity index (χ3v) is 4.17. The minimum Gasteiger partial charge on any atom is -0.469 e. The first-order valence-electron chi connectivity index (χ1n) is 6.65. The number of carbonyl (C=O) groups is 1. The van der Waals surface area contributed by atoms with Crippen molar-refractivity contribution in [2.75, 3.05) is 26.7 Å². The average molecular weight is 241 g/mol. The third-order valence-electron chi connectivity index (χ3n) is 4.17. The smallest absolute Gasteiger partial charge is 0.308 e. The number of rotatable bonds is 3. The Morgan fingerprint density at radius 1 is 1.35 bits per heavy atom. The Balaban J connectivity index is 1.77. The van der Waals surface area contributed by atoms with Gasteiger partial charge in [0, 0.05) is 6.54 Å². The van der Waals surface area contributed by atoms with Crippen molar-refractivity contribution in [3.8, 4) is 0 Å². The number of nitrogens with zero attached hydrogens (tertiary/aromatic N) is 1. The molecule has 0 spiro atoms. The van der Waals surface area contributed by atoms with Crippen molar-refractivity contribution in [1.29, 1.82) is 0 Å². The van der Waals surface area contributed by atoms with Crippen LogP contribution in [-0.2, 0) is 9.53 Å². The van der Waals surface area contributed by atoms with Gasteiger partial charge in [0.25, 0.3) is 0 Å². The van der Waals surface area contributed by atoms with E-state index in [2.05, 4.69) is 4.90 Å². The first kappa shape index (κ1) is 12.8. The number of carbonyl (C=O) groups excluding carboxylic acids is 1. The van der Waals surface area contributed by atoms with Crippen molar-refractivity contribution >= 4 is 5.97 Å². The molecule has 2 rings (SSSR count). The second kappa shape index (κ2) is 5.36. The summed E-state index contributed by atoms with van der Waals surface area (Å²) in [4.78, 5) is 13.7. The van der Waals surface area contributed by atoms with Crippen LogP contribution in [0.4, 0.5) is 0 Å². The van der Waals surface area contributed by atoms with E-state index in [4.69, 9.17) is 4.74 Å². The van der Waals surface area contributed by atoms with Crippen molar-refractivity contribution in [3.63, 3.8) is 0 Å². The van der Waals surface area contributed by atoms with Crippen LogP contribution in [0.1, 0.15) is 38.5 Å². The van der Waals surface area contributed by atoms with Gasteiger partial charge in [0.05, 0.1) is 18.6 Å². The lowest BCUT2D eigenvalue weighted by molar-refractivity contribution is -0.147. The predicted octanol–water partition coefficient (Wildman–Crippen LogP) is 1.18. The van der Waals surface area contributed by atoms with Gasteiger partial charge in [-0.25, -0.2) is 0 Å². The zero-order valence-electron chi connectivity index (χ0n) is 10.7. The summed E-state index contributed by atoms with van der Waals surface area (Å²) < 4.78 is 4.77. The Labute approximate surface area is 103 Å². The van der Waals surface area contributed by atoms with Gasteiger partial charge in [-0.3, -0.25) is 4.79 Å². The molecule has 1 heterocycles. The van der Waals surface area contributed by atoms with Gasteiger partial charge in [0.15, 0.2) is 0 Å². The van der Waals surface area contributed by atoms with Crippen LogP contribution in [0.15, 0.2) is 0 Å². The summed E-state index contributed by atoms with van der Waals surface area (Å²) in [5.74, 6) is -0.0151. The highest BCUT2D eigenvalue weighted by Crippen LogP contribution is 2.31. The van der Waals surface area contributed by atoms with E-state index < -0.39 is 5.60 Å². The van der Waals surface area contributed by atoms with Crippen LogP contribution in [0.25, 0.3) is 0 Å². The van der Waals surface area contributed by atoms with Crippen molar-refractivity contribution in [1.82, 2.24) is 4.90 Å². The highest BCUT2D eigenvalue weighted by molar-refractivity contribution is 5.72. The quantitative estimate of drug-likeness (QED) is 0.754. The van der Waals surface area contributed by atoms with E-state index in [1.165, 1.54) is 7.11 Å². The number of likely N-dealkylation sites (tertiary alicyclic amines) is 1. The number of β-amino-alcohol motifs (C(OH)–C–C–N with tert-alkyl or cyclic N) is 1. The Morgan fingerprint density at radius 3 is 2.47 bits per heavy atom. The fourth-order valence-electron chi connectivity index (χ4n) is 3.10. The number of piperidine rings is 1. The molecular formula is C13H23NO3. The topological polar surface area (TPSA) is 49.8 Å². The molecule has 0 amide bonds. The van der Waals surface area contributed by atoms with E-state index in [1.54, 1.807) is 0 Å². The molecule has 1 aliphatic carbocycles. The molecule has 0 unspecified atom stereocenters. The molecule has 4 nitrogen and oxygen atoms in total. The fourth-order valence-corrected chi connectivity index (χ4v) is 3.10. The summed E-state index contributed by atoms with van der Waals surface area (Å²) in [6.07, 6.45) is 5.89. The van der Waals surface area contributed by atoms with Gasteiger partial charge in [0.2, 0.25) is 0 Å². The number of hydrogen-bond donors (Lipinski definition) is 1. The van der Waals surface area contributed by atoms with Crippen molar-refractivity contribution < 1.29 is 14.6 Å². The molecule has 2 fully saturated rings. The van der Waals surface area contributed by atoms with Gasteiger partial charge >= 0.3 is 5.97 Å². The minimum absolute atomic E-state index is 0.0643.